The molecule has 2 aromatic carbocycles. The second-order valence-corrected chi connectivity index (χ2v) is 5.70. The molecule has 0 saturated heterocycles. The maximum atomic E-state index is 12.7. The lowest BCUT2D eigenvalue weighted by Gasteiger charge is -2.12. The minimum Gasteiger partial charge on any atom is -0.493 e. The van der Waals surface area contributed by atoms with Crippen molar-refractivity contribution in [1.82, 2.24) is 4.57 Å². The van der Waals surface area contributed by atoms with Crippen molar-refractivity contribution >= 4 is 16.6 Å². The van der Waals surface area contributed by atoms with E-state index in [1.807, 2.05) is 18.2 Å². The summed E-state index contributed by atoms with van der Waals surface area (Å²) in [5.74, 6) is 0.825. The van der Waals surface area contributed by atoms with Crippen molar-refractivity contribution in [2.24, 2.45) is 0 Å². The number of ketones is 1. The normalized spacial score (nSPS) is 10.7. The molecule has 0 amide bonds. The summed E-state index contributed by atoms with van der Waals surface area (Å²) >= 11 is 0. The molecule has 0 fully saturated rings. The lowest BCUT2D eigenvalue weighted by Crippen LogP contribution is -2.23. The number of Topliss-reactive ketones (excluding diaryl/α,β-unsaturated/α-hetero) is 1. The molecule has 0 atom stereocenters. The highest BCUT2D eigenvalue weighted by Gasteiger charge is 2.09. The fraction of sp³-hybridized carbons (Fsp3) is 0.200. The zero-order chi connectivity index (χ0) is 18.5. The van der Waals surface area contributed by atoms with Gasteiger partial charge in [-0.15, -0.1) is 0 Å². The van der Waals surface area contributed by atoms with Crippen LogP contribution in [0, 0.1) is 0 Å². The Morgan fingerprint density at radius 2 is 1.88 bits per heavy atom. The average Bonchev–Trinajstić information content (AvgIpc) is 2.69. The quantitative estimate of drug-likeness (QED) is 0.659. The second kappa shape index (κ2) is 7.84. The largest absolute Gasteiger partial charge is 0.493 e. The summed E-state index contributed by atoms with van der Waals surface area (Å²) in [7, 11) is 1.57. The third kappa shape index (κ3) is 3.60. The number of para-hydroxylation sites is 2. The van der Waals surface area contributed by atoms with Gasteiger partial charge < -0.3 is 19.1 Å². The summed E-state index contributed by atoms with van der Waals surface area (Å²) in [6, 6.07) is 13.9. The second-order valence-electron chi connectivity index (χ2n) is 5.70. The van der Waals surface area contributed by atoms with Crippen molar-refractivity contribution in [3.05, 3.63) is 70.6 Å². The van der Waals surface area contributed by atoms with Crippen LogP contribution in [0.5, 0.6) is 11.5 Å². The molecule has 6 nitrogen and oxygen atoms in total. The summed E-state index contributed by atoms with van der Waals surface area (Å²) < 4.78 is 12.5. The number of carbonyl (C=O) groups is 1. The summed E-state index contributed by atoms with van der Waals surface area (Å²) in [4.78, 5) is 24.3. The Morgan fingerprint density at radius 1 is 1.12 bits per heavy atom. The van der Waals surface area contributed by atoms with E-state index in [1.165, 1.54) is 10.6 Å². The number of hydrogen-bond acceptors (Lipinski definition) is 5. The maximum absolute atomic E-state index is 12.7. The van der Waals surface area contributed by atoms with Crippen molar-refractivity contribution in [2.75, 3.05) is 20.3 Å². The molecular formula is C20H19NO5. The molecule has 0 radical (unpaired) electrons. The van der Waals surface area contributed by atoms with Crippen LogP contribution in [0.4, 0.5) is 0 Å². The van der Waals surface area contributed by atoms with Crippen LogP contribution in [-0.2, 0) is 6.54 Å². The standard InChI is InChI=1S/C20H19NO5/c1-25-18-4-2-3-5-19(18)26-11-10-21-9-8-14-6-7-15(17(23)13-22)12-16(14)20(21)24/h2-9,12,22H,10-11,13H2,1H3. The first-order chi connectivity index (χ1) is 12.6. The van der Waals surface area contributed by atoms with E-state index in [9.17, 15) is 9.59 Å². The van der Waals surface area contributed by atoms with Crippen LogP contribution in [0.25, 0.3) is 10.8 Å². The summed E-state index contributed by atoms with van der Waals surface area (Å²) in [6.07, 6.45) is 1.70. The highest BCUT2D eigenvalue weighted by Crippen LogP contribution is 2.25. The van der Waals surface area contributed by atoms with E-state index in [0.717, 1.165) is 5.39 Å². The number of carbonyl (C=O) groups excluding carboxylic acids is 1. The molecule has 0 aliphatic rings. The van der Waals surface area contributed by atoms with Crippen molar-refractivity contribution in [3.8, 4) is 11.5 Å². The first-order valence-electron chi connectivity index (χ1n) is 8.17. The number of aliphatic hydroxyl groups is 1. The number of fused-ring (bicyclic) bond motifs is 1. The molecular weight excluding hydrogens is 334 g/mol. The number of nitrogens with zero attached hydrogens (tertiary/aromatic N) is 1. The minimum atomic E-state index is -0.584. The van der Waals surface area contributed by atoms with Gasteiger partial charge in [-0.05, 0) is 29.7 Å². The van der Waals surface area contributed by atoms with E-state index in [0.29, 0.717) is 35.6 Å². The lowest BCUT2D eigenvalue weighted by molar-refractivity contribution is 0.0904. The summed E-state index contributed by atoms with van der Waals surface area (Å²) in [5, 5.41) is 10.2. The molecule has 3 rings (SSSR count). The molecule has 3 aromatic rings. The van der Waals surface area contributed by atoms with Crippen molar-refractivity contribution < 1.29 is 19.4 Å². The molecule has 0 spiro atoms. The van der Waals surface area contributed by atoms with E-state index in [-0.39, 0.29) is 5.56 Å². The average molecular weight is 353 g/mol. The van der Waals surface area contributed by atoms with Gasteiger partial charge in [0.15, 0.2) is 17.3 Å². The number of benzene rings is 2. The lowest BCUT2D eigenvalue weighted by atomic mass is 10.1. The highest BCUT2D eigenvalue weighted by molar-refractivity contribution is 6.00. The fourth-order valence-electron chi connectivity index (χ4n) is 2.71. The minimum absolute atomic E-state index is 0.210. The Morgan fingerprint density at radius 3 is 2.62 bits per heavy atom. The van der Waals surface area contributed by atoms with Gasteiger partial charge in [0, 0.05) is 17.1 Å². The van der Waals surface area contributed by atoms with Crippen LogP contribution in [0.15, 0.2) is 59.5 Å². The maximum Gasteiger partial charge on any atom is 0.258 e. The van der Waals surface area contributed by atoms with E-state index >= 15 is 0 Å². The van der Waals surface area contributed by atoms with E-state index in [1.54, 1.807) is 37.6 Å². The van der Waals surface area contributed by atoms with Gasteiger partial charge in [-0.3, -0.25) is 9.59 Å². The van der Waals surface area contributed by atoms with E-state index in [4.69, 9.17) is 14.6 Å². The molecule has 0 bridgehead atoms. The van der Waals surface area contributed by atoms with Crippen LogP contribution in [-0.4, -0.2) is 35.8 Å². The Kier molecular flexibility index (Phi) is 5.34. The molecule has 0 aliphatic heterocycles. The number of aliphatic hydroxyl groups excluding tert-OH is 1. The molecule has 6 heteroatoms. The molecule has 0 saturated carbocycles. The van der Waals surface area contributed by atoms with Crippen LogP contribution in [0.2, 0.25) is 0 Å². The number of pyridine rings is 1. The van der Waals surface area contributed by atoms with Gasteiger partial charge in [0.1, 0.15) is 13.2 Å². The zero-order valence-electron chi connectivity index (χ0n) is 14.3. The molecule has 0 aliphatic carbocycles. The van der Waals surface area contributed by atoms with Gasteiger partial charge in [0.2, 0.25) is 0 Å². The Labute approximate surface area is 150 Å². The van der Waals surface area contributed by atoms with Crippen LogP contribution >= 0.6 is 0 Å². The van der Waals surface area contributed by atoms with E-state index < -0.39 is 12.4 Å². The summed E-state index contributed by atoms with van der Waals surface area (Å²) in [6.45, 7) is 0.0608. The predicted molar refractivity (Wildman–Crippen MR) is 98.1 cm³/mol. The highest BCUT2D eigenvalue weighted by atomic mass is 16.5. The number of aromatic nitrogens is 1. The molecule has 1 aromatic heterocycles. The van der Waals surface area contributed by atoms with Gasteiger partial charge in [0.25, 0.3) is 5.56 Å². The molecule has 1 N–H and O–H groups in total. The molecule has 26 heavy (non-hydrogen) atoms. The van der Waals surface area contributed by atoms with Crippen LogP contribution in [0.3, 0.4) is 0 Å². The van der Waals surface area contributed by atoms with Gasteiger partial charge >= 0.3 is 0 Å². The van der Waals surface area contributed by atoms with Gasteiger partial charge in [-0.1, -0.05) is 24.3 Å². The van der Waals surface area contributed by atoms with Crippen LogP contribution in [0.1, 0.15) is 10.4 Å². The smallest absolute Gasteiger partial charge is 0.258 e. The third-order valence-corrected chi connectivity index (χ3v) is 4.10. The fourth-order valence-corrected chi connectivity index (χ4v) is 2.71. The first kappa shape index (κ1) is 17.7. The van der Waals surface area contributed by atoms with Crippen molar-refractivity contribution in [1.29, 1.82) is 0 Å². The number of rotatable bonds is 7. The molecule has 1 heterocycles. The van der Waals surface area contributed by atoms with Gasteiger partial charge in [-0.2, -0.15) is 0 Å². The first-order valence-corrected chi connectivity index (χ1v) is 8.17. The van der Waals surface area contributed by atoms with E-state index in [2.05, 4.69) is 0 Å². The molecule has 134 valence electrons. The van der Waals surface area contributed by atoms with Crippen molar-refractivity contribution in [3.63, 3.8) is 0 Å². The Balaban J connectivity index is 1.81. The van der Waals surface area contributed by atoms with Gasteiger partial charge in [-0.25, -0.2) is 0 Å². The van der Waals surface area contributed by atoms with Crippen molar-refractivity contribution in [2.45, 2.75) is 6.54 Å². The monoisotopic (exact) mass is 353 g/mol. The third-order valence-electron chi connectivity index (χ3n) is 4.10. The van der Waals surface area contributed by atoms with Gasteiger partial charge in [0.05, 0.1) is 13.7 Å². The Bertz CT molecular complexity index is 993. The topological polar surface area (TPSA) is 77.8 Å². The van der Waals surface area contributed by atoms with Crippen LogP contribution < -0.4 is 15.0 Å². The zero-order valence-corrected chi connectivity index (χ0v) is 14.3. The summed E-state index contributed by atoms with van der Waals surface area (Å²) in [5.41, 5.74) is 0.110. The predicted octanol–water partition coefficient (Wildman–Crippen LogP) is 2.26. The number of hydrogen-bond donors (Lipinski definition) is 1. The number of methoxy groups -OCH3 is 1. The Hall–Kier alpha value is -3.12. The molecule has 0 unspecified atom stereocenters. The number of ether oxygens (including phenoxy) is 2. The SMILES string of the molecule is COc1ccccc1OCCn1ccc2ccc(C(=O)CO)cc2c1=O.